The molecule has 1 aromatic rings. The van der Waals surface area contributed by atoms with Crippen molar-refractivity contribution in [3.05, 3.63) is 16.3 Å². The molecule has 0 aliphatic rings. The Kier molecular flexibility index (Phi) is 4.89. The van der Waals surface area contributed by atoms with Gasteiger partial charge in [0.15, 0.2) is 0 Å². The Balaban J connectivity index is 2.43. The Morgan fingerprint density at radius 3 is 3.00 bits per heavy atom. The molecule has 0 radical (unpaired) electrons. The predicted molar refractivity (Wildman–Crippen MR) is 63.8 cm³/mol. The first-order valence-electron chi connectivity index (χ1n) is 5.57. The van der Waals surface area contributed by atoms with Crippen molar-refractivity contribution in [2.24, 2.45) is 13.0 Å². The third-order valence-corrected chi connectivity index (χ3v) is 2.48. The van der Waals surface area contributed by atoms with Crippen LogP contribution in [0, 0.1) is 16.0 Å². The zero-order valence-corrected chi connectivity index (χ0v) is 10.1. The van der Waals surface area contributed by atoms with Crippen LogP contribution < -0.4 is 5.32 Å². The average Bonchev–Trinajstić information content (AvgIpc) is 2.65. The van der Waals surface area contributed by atoms with E-state index >= 15 is 0 Å². The quantitative estimate of drug-likeness (QED) is 0.425. The third-order valence-electron chi connectivity index (χ3n) is 2.48. The number of hydrogen-bond donors (Lipinski definition) is 2. The number of nitrogens with one attached hydrogen (secondary N) is 1. The normalized spacial score (nSPS) is 12.4. The minimum Gasteiger partial charge on any atom is -0.396 e. The van der Waals surface area contributed by atoms with Gasteiger partial charge in [-0.2, -0.15) is 0 Å². The van der Waals surface area contributed by atoms with E-state index in [9.17, 15) is 10.1 Å². The number of aromatic nitrogens is 2. The Labute approximate surface area is 99.6 Å². The highest BCUT2D eigenvalue weighted by Gasteiger charge is 2.17. The summed E-state index contributed by atoms with van der Waals surface area (Å²) in [4.78, 5) is 10.2. The fraction of sp³-hybridized carbons (Fsp3) is 0.700. The fourth-order valence-electron chi connectivity index (χ4n) is 1.48. The van der Waals surface area contributed by atoms with Crippen molar-refractivity contribution < 1.29 is 10.0 Å². The molecule has 1 unspecified atom stereocenters. The van der Waals surface area contributed by atoms with E-state index in [4.69, 9.17) is 5.11 Å². The van der Waals surface area contributed by atoms with E-state index in [2.05, 4.69) is 10.4 Å². The van der Waals surface area contributed by atoms with Crippen LogP contribution in [0.2, 0.25) is 0 Å². The van der Waals surface area contributed by atoms with Gasteiger partial charge in [-0.1, -0.05) is 6.92 Å². The molecule has 1 heterocycles. The highest BCUT2D eigenvalue weighted by atomic mass is 16.6. The largest absolute Gasteiger partial charge is 0.396 e. The van der Waals surface area contributed by atoms with Crippen LogP contribution in [0.4, 0.5) is 11.5 Å². The molecule has 96 valence electrons. The maximum Gasteiger partial charge on any atom is 0.330 e. The van der Waals surface area contributed by atoms with Gasteiger partial charge in [-0.25, -0.2) is 0 Å². The number of rotatable bonds is 7. The standard InChI is InChI=1S/C10H18N4O3/c1-8(7-15)4-3-5-11-10-9(14(16)17)6-13(2)12-10/h6,8,15H,3-5,7H2,1-2H3,(H,11,12). The van der Waals surface area contributed by atoms with Crippen LogP contribution in [0.25, 0.3) is 0 Å². The summed E-state index contributed by atoms with van der Waals surface area (Å²) in [6, 6.07) is 0. The molecule has 7 nitrogen and oxygen atoms in total. The number of hydrogen-bond acceptors (Lipinski definition) is 5. The number of anilines is 1. The number of nitro groups is 1. The number of aliphatic hydroxyl groups is 1. The lowest BCUT2D eigenvalue weighted by Gasteiger charge is -2.07. The molecule has 0 aliphatic heterocycles. The summed E-state index contributed by atoms with van der Waals surface area (Å²) in [7, 11) is 1.64. The lowest BCUT2D eigenvalue weighted by Crippen LogP contribution is -2.08. The summed E-state index contributed by atoms with van der Waals surface area (Å²) in [5.74, 6) is 0.560. The molecule has 1 aromatic heterocycles. The monoisotopic (exact) mass is 242 g/mol. The van der Waals surface area contributed by atoms with Crippen molar-refractivity contribution in [2.45, 2.75) is 19.8 Å². The number of nitrogens with zero attached hydrogens (tertiary/aromatic N) is 3. The van der Waals surface area contributed by atoms with Crippen molar-refractivity contribution in [2.75, 3.05) is 18.5 Å². The molecular formula is C10H18N4O3. The lowest BCUT2D eigenvalue weighted by molar-refractivity contribution is -0.384. The van der Waals surface area contributed by atoms with E-state index in [1.54, 1.807) is 7.05 Å². The minimum atomic E-state index is -0.453. The summed E-state index contributed by atoms with van der Waals surface area (Å²) in [6.07, 6.45) is 3.10. The Hall–Kier alpha value is -1.63. The van der Waals surface area contributed by atoms with Crippen LogP contribution in [0.3, 0.4) is 0 Å². The average molecular weight is 242 g/mol. The van der Waals surface area contributed by atoms with Crippen LogP contribution in [0.5, 0.6) is 0 Å². The Morgan fingerprint density at radius 1 is 1.71 bits per heavy atom. The third kappa shape index (κ3) is 4.03. The molecule has 1 atom stereocenters. The van der Waals surface area contributed by atoms with Crippen LogP contribution in [0.1, 0.15) is 19.8 Å². The van der Waals surface area contributed by atoms with E-state index in [-0.39, 0.29) is 18.2 Å². The summed E-state index contributed by atoms with van der Waals surface area (Å²) in [5, 5.41) is 26.5. The lowest BCUT2D eigenvalue weighted by atomic mass is 10.1. The molecule has 1 rings (SSSR count). The molecule has 0 amide bonds. The van der Waals surface area contributed by atoms with Gasteiger partial charge in [-0.3, -0.25) is 14.8 Å². The second-order valence-corrected chi connectivity index (χ2v) is 4.15. The molecule has 7 heteroatoms. The number of aryl methyl sites for hydroxylation is 1. The zero-order valence-electron chi connectivity index (χ0n) is 10.1. The predicted octanol–water partition coefficient (Wildman–Crippen LogP) is 1.15. The van der Waals surface area contributed by atoms with Crippen LogP contribution >= 0.6 is 0 Å². The van der Waals surface area contributed by atoms with Crippen LogP contribution in [-0.4, -0.2) is 33.0 Å². The van der Waals surface area contributed by atoms with Gasteiger partial charge < -0.3 is 10.4 Å². The Morgan fingerprint density at radius 2 is 2.41 bits per heavy atom. The molecule has 0 fully saturated rings. The van der Waals surface area contributed by atoms with Gasteiger partial charge in [-0.15, -0.1) is 5.10 Å². The highest BCUT2D eigenvalue weighted by Crippen LogP contribution is 2.21. The molecule has 0 aliphatic carbocycles. The van der Waals surface area contributed by atoms with E-state index in [0.717, 1.165) is 12.8 Å². The van der Waals surface area contributed by atoms with Crippen molar-refractivity contribution in [3.63, 3.8) is 0 Å². The first-order chi connectivity index (χ1) is 8.04. The van der Waals surface area contributed by atoms with Crippen molar-refractivity contribution in [3.8, 4) is 0 Å². The van der Waals surface area contributed by atoms with E-state index in [1.807, 2.05) is 6.92 Å². The topological polar surface area (TPSA) is 93.2 Å². The minimum absolute atomic E-state index is 0.0114. The Bertz CT molecular complexity index is 378. The second kappa shape index (κ2) is 6.19. The summed E-state index contributed by atoms with van der Waals surface area (Å²) < 4.78 is 1.41. The van der Waals surface area contributed by atoms with Crippen LogP contribution in [0.15, 0.2) is 6.20 Å². The van der Waals surface area contributed by atoms with Crippen molar-refractivity contribution in [1.29, 1.82) is 0 Å². The maximum atomic E-state index is 10.7. The second-order valence-electron chi connectivity index (χ2n) is 4.15. The summed E-state index contributed by atoms with van der Waals surface area (Å²) >= 11 is 0. The SMILES string of the molecule is CC(CO)CCCNc1nn(C)cc1[N+](=O)[O-]. The molecule has 0 spiro atoms. The molecular weight excluding hydrogens is 224 g/mol. The van der Waals surface area contributed by atoms with E-state index < -0.39 is 4.92 Å². The summed E-state index contributed by atoms with van der Waals surface area (Å²) in [5.41, 5.74) is -0.0114. The molecule has 0 saturated heterocycles. The highest BCUT2D eigenvalue weighted by molar-refractivity contribution is 5.54. The van der Waals surface area contributed by atoms with Gasteiger partial charge in [0.25, 0.3) is 0 Å². The zero-order chi connectivity index (χ0) is 12.8. The van der Waals surface area contributed by atoms with Gasteiger partial charge in [0.1, 0.15) is 6.20 Å². The molecule has 0 aromatic carbocycles. The number of aliphatic hydroxyl groups excluding tert-OH is 1. The summed E-state index contributed by atoms with van der Waals surface area (Å²) in [6.45, 7) is 2.75. The van der Waals surface area contributed by atoms with E-state index in [1.165, 1.54) is 10.9 Å². The van der Waals surface area contributed by atoms with Gasteiger partial charge in [0, 0.05) is 20.2 Å². The van der Waals surface area contributed by atoms with Gasteiger partial charge in [0.2, 0.25) is 5.82 Å². The fourth-order valence-corrected chi connectivity index (χ4v) is 1.48. The molecule has 0 saturated carbocycles. The molecule has 2 N–H and O–H groups in total. The molecule has 17 heavy (non-hydrogen) atoms. The van der Waals surface area contributed by atoms with Crippen molar-refractivity contribution in [1.82, 2.24) is 9.78 Å². The van der Waals surface area contributed by atoms with Gasteiger partial charge in [0.05, 0.1) is 4.92 Å². The smallest absolute Gasteiger partial charge is 0.330 e. The first kappa shape index (κ1) is 13.4. The maximum absolute atomic E-state index is 10.7. The van der Waals surface area contributed by atoms with Gasteiger partial charge >= 0.3 is 5.69 Å². The van der Waals surface area contributed by atoms with Crippen LogP contribution in [-0.2, 0) is 7.05 Å². The van der Waals surface area contributed by atoms with Gasteiger partial charge in [-0.05, 0) is 18.8 Å². The molecule has 0 bridgehead atoms. The first-order valence-corrected chi connectivity index (χ1v) is 5.57. The van der Waals surface area contributed by atoms with Crippen molar-refractivity contribution >= 4 is 11.5 Å². The van der Waals surface area contributed by atoms with E-state index in [0.29, 0.717) is 12.4 Å².